The highest BCUT2D eigenvalue weighted by Crippen LogP contribution is 2.28. The first-order chi connectivity index (χ1) is 12.1. The smallest absolute Gasteiger partial charge is 0.256 e. The van der Waals surface area contributed by atoms with Gasteiger partial charge in [0.05, 0.1) is 17.8 Å². The number of hydrogen-bond acceptors (Lipinski definition) is 6. The summed E-state index contributed by atoms with van der Waals surface area (Å²) >= 11 is 0. The fraction of sp³-hybridized carbons (Fsp3) is 0.412. The lowest BCUT2D eigenvalue weighted by Gasteiger charge is -2.18. The van der Waals surface area contributed by atoms with Crippen molar-refractivity contribution in [3.8, 4) is 0 Å². The molecule has 8 nitrogen and oxygen atoms in total. The molecule has 25 heavy (non-hydrogen) atoms. The van der Waals surface area contributed by atoms with Gasteiger partial charge in [-0.15, -0.1) is 0 Å². The van der Waals surface area contributed by atoms with Gasteiger partial charge in [-0.2, -0.15) is 4.98 Å². The van der Waals surface area contributed by atoms with Gasteiger partial charge in [0.1, 0.15) is 12.6 Å². The number of nitrogens with zero attached hydrogens (tertiary/aromatic N) is 4. The number of likely N-dealkylation sites (N-methyl/N-ethyl adjacent to an activating group) is 1. The van der Waals surface area contributed by atoms with E-state index in [0.717, 1.165) is 12.8 Å². The van der Waals surface area contributed by atoms with Gasteiger partial charge in [-0.3, -0.25) is 9.59 Å². The number of amides is 2. The monoisotopic (exact) mass is 342 g/mol. The minimum absolute atomic E-state index is 0.0339. The number of anilines is 1. The van der Waals surface area contributed by atoms with Crippen LogP contribution in [0.15, 0.2) is 28.8 Å². The number of benzene rings is 1. The first kappa shape index (κ1) is 15.8. The molecule has 1 aromatic carbocycles. The highest BCUT2D eigenvalue weighted by atomic mass is 16.5. The van der Waals surface area contributed by atoms with E-state index in [0.29, 0.717) is 29.6 Å². The van der Waals surface area contributed by atoms with Crippen LogP contribution in [0.1, 0.15) is 41.0 Å². The first-order valence-electron chi connectivity index (χ1n) is 8.22. The van der Waals surface area contributed by atoms with Gasteiger partial charge in [0.15, 0.2) is 5.82 Å². The number of carbonyl (C=O) groups is 2. The predicted octanol–water partition coefficient (Wildman–Crippen LogP) is 1.54. The van der Waals surface area contributed by atoms with E-state index in [-0.39, 0.29) is 31.0 Å². The third-order valence-corrected chi connectivity index (χ3v) is 4.50. The Kier molecular flexibility index (Phi) is 3.96. The van der Waals surface area contributed by atoms with Gasteiger partial charge in [0.2, 0.25) is 5.91 Å². The summed E-state index contributed by atoms with van der Waals surface area (Å²) < 4.78 is 10.8. The van der Waals surface area contributed by atoms with E-state index in [1.807, 2.05) is 0 Å². The SMILES string of the molecule is CN1C(=O)CN(Cc2noc([C@@H]3CCCO3)n2)C(=O)c2ccccc21. The molecule has 2 aliphatic heterocycles. The molecule has 2 amide bonds. The van der Waals surface area contributed by atoms with Gasteiger partial charge in [-0.05, 0) is 25.0 Å². The fourth-order valence-corrected chi connectivity index (χ4v) is 3.13. The van der Waals surface area contributed by atoms with Gasteiger partial charge in [0.25, 0.3) is 11.8 Å². The molecule has 0 N–H and O–H groups in total. The molecule has 1 atom stereocenters. The number of carbonyl (C=O) groups excluding carboxylic acids is 2. The van der Waals surface area contributed by atoms with Gasteiger partial charge in [-0.25, -0.2) is 0 Å². The van der Waals surface area contributed by atoms with Crippen LogP contribution < -0.4 is 4.90 Å². The van der Waals surface area contributed by atoms with Crippen LogP contribution in [0.2, 0.25) is 0 Å². The Morgan fingerprint density at radius 3 is 2.92 bits per heavy atom. The highest BCUT2D eigenvalue weighted by molar-refractivity contribution is 6.09. The predicted molar refractivity (Wildman–Crippen MR) is 86.8 cm³/mol. The first-order valence-corrected chi connectivity index (χ1v) is 8.22. The summed E-state index contributed by atoms with van der Waals surface area (Å²) in [5, 5.41) is 3.94. The molecule has 0 aliphatic carbocycles. The molecule has 0 spiro atoms. The van der Waals surface area contributed by atoms with Crippen molar-refractivity contribution in [1.82, 2.24) is 15.0 Å². The largest absolute Gasteiger partial charge is 0.368 e. The molecule has 130 valence electrons. The van der Waals surface area contributed by atoms with Crippen LogP contribution in [0.25, 0.3) is 0 Å². The van der Waals surface area contributed by atoms with E-state index >= 15 is 0 Å². The zero-order chi connectivity index (χ0) is 17.4. The molecular weight excluding hydrogens is 324 g/mol. The lowest BCUT2D eigenvalue weighted by atomic mass is 10.1. The summed E-state index contributed by atoms with van der Waals surface area (Å²) in [7, 11) is 1.67. The van der Waals surface area contributed by atoms with Crippen molar-refractivity contribution >= 4 is 17.5 Å². The molecule has 1 saturated heterocycles. The average molecular weight is 342 g/mol. The van der Waals surface area contributed by atoms with Crippen LogP contribution in [-0.2, 0) is 16.1 Å². The maximum Gasteiger partial charge on any atom is 0.256 e. The van der Waals surface area contributed by atoms with Crippen LogP contribution in [0.5, 0.6) is 0 Å². The van der Waals surface area contributed by atoms with Crippen molar-refractivity contribution in [1.29, 1.82) is 0 Å². The number of fused-ring (bicyclic) bond motifs is 1. The summed E-state index contributed by atoms with van der Waals surface area (Å²) in [6, 6.07) is 7.06. The van der Waals surface area contributed by atoms with E-state index < -0.39 is 0 Å². The quantitative estimate of drug-likeness (QED) is 0.841. The van der Waals surface area contributed by atoms with Crippen molar-refractivity contribution < 1.29 is 18.8 Å². The summed E-state index contributed by atoms with van der Waals surface area (Å²) in [5.41, 5.74) is 1.09. The standard InChI is InChI=1S/C17H18N4O4/c1-20-12-6-3-2-5-11(12)17(23)21(10-15(20)22)9-14-18-16(25-19-14)13-7-4-8-24-13/h2-3,5-6,13H,4,7-10H2,1H3/t13-/m0/s1. The van der Waals surface area contributed by atoms with Crippen molar-refractivity contribution in [3.05, 3.63) is 41.5 Å². The Morgan fingerprint density at radius 2 is 2.12 bits per heavy atom. The maximum atomic E-state index is 12.8. The second kappa shape index (κ2) is 6.29. The Morgan fingerprint density at radius 1 is 1.28 bits per heavy atom. The number of aromatic nitrogens is 2. The summed E-state index contributed by atoms with van der Waals surface area (Å²) in [6.45, 7) is 0.765. The van der Waals surface area contributed by atoms with Crippen LogP contribution >= 0.6 is 0 Å². The van der Waals surface area contributed by atoms with E-state index in [2.05, 4.69) is 10.1 Å². The van der Waals surface area contributed by atoms with Gasteiger partial charge >= 0.3 is 0 Å². The zero-order valence-corrected chi connectivity index (χ0v) is 13.8. The highest BCUT2D eigenvalue weighted by Gasteiger charge is 2.31. The average Bonchev–Trinajstić information content (AvgIpc) is 3.29. The normalized spacial score (nSPS) is 20.8. The number of hydrogen-bond donors (Lipinski definition) is 0. The molecular formula is C17H18N4O4. The van der Waals surface area contributed by atoms with Crippen molar-refractivity contribution in [3.63, 3.8) is 0 Å². The molecule has 8 heteroatoms. The zero-order valence-electron chi connectivity index (χ0n) is 13.8. The lowest BCUT2D eigenvalue weighted by molar-refractivity contribution is -0.119. The van der Waals surface area contributed by atoms with E-state index in [9.17, 15) is 9.59 Å². The molecule has 1 aromatic heterocycles. The topological polar surface area (TPSA) is 88.8 Å². The third-order valence-electron chi connectivity index (χ3n) is 4.50. The van der Waals surface area contributed by atoms with Crippen LogP contribution in [0, 0.1) is 0 Å². The second-order valence-electron chi connectivity index (χ2n) is 6.18. The van der Waals surface area contributed by atoms with Crippen LogP contribution in [0.4, 0.5) is 5.69 Å². The Hall–Kier alpha value is -2.74. The number of rotatable bonds is 3. The Balaban J connectivity index is 1.58. The number of para-hydroxylation sites is 1. The van der Waals surface area contributed by atoms with Gasteiger partial charge < -0.3 is 19.1 Å². The molecule has 0 unspecified atom stereocenters. The molecule has 1 fully saturated rings. The number of ether oxygens (including phenoxy) is 1. The van der Waals surface area contributed by atoms with Crippen LogP contribution in [0.3, 0.4) is 0 Å². The molecule has 0 radical (unpaired) electrons. The summed E-state index contributed by atoms with van der Waals surface area (Å²) in [5.74, 6) is 0.408. The maximum absolute atomic E-state index is 12.8. The molecule has 0 saturated carbocycles. The minimum Gasteiger partial charge on any atom is -0.368 e. The Bertz CT molecular complexity index is 812. The van der Waals surface area contributed by atoms with Gasteiger partial charge in [-0.1, -0.05) is 17.3 Å². The summed E-state index contributed by atoms with van der Waals surface area (Å²) in [4.78, 5) is 32.5. The lowest BCUT2D eigenvalue weighted by Crippen LogP contribution is -2.37. The van der Waals surface area contributed by atoms with Crippen molar-refractivity contribution in [2.45, 2.75) is 25.5 Å². The van der Waals surface area contributed by atoms with E-state index in [1.54, 1.807) is 31.3 Å². The molecule has 3 heterocycles. The molecule has 2 aromatic rings. The molecule has 2 aliphatic rings. The van der Waals surface area contributed by atoms with E-state index in [1.165, 1.54) is 9.80 Å². The molecule has 0 bridgehead atoms. The van der Waals surface area contributed by atoms with Crippen molar-refractivity contribution in [2.75, 3.05) is 25.1 Å². The third kappa shape index (κ3) is 2.89. The van der Waals surface area contributed by atoms with E-state index in [4.69, 9.17) is 9.26 Å². The minimum atomic E-state index is -0.225. The summed E-state index contributed by atoms with van der Waals surface area (Å²) in [6.07, 6.45) is 1.64. The molecule has 4 rings (SSSR count). The van der Waals surface area contributed by atoms with Crippen LogP contribution in [-0.4, -0.2) is 47.1 Å². The van der Waals surface area contributed by atoms with Gasteiger partial charge in [0, 0.05) is 13.7 Å². The fourth-order valence-electron chi connectivity index (χ4n) is 3.13. The van der Waals surface area contributed by atoms with Crippen molar-refractivity contribution in [2.24, 2.45) is 0 Å². The second-order valence-corrected chi connectivity index (χ2v) is 6.18. The Labute approximate surface area is 144 Å².